The molecule has 0 aliphatic heterocycles. The molecule has 0 spiro atoms. The zero-order chi connectivity index (χ0) is 18.7. The Balaban J connectivity index is 2.05. The van der Waals surface area contributed by atoms with Crippen molar-refractivity contribution < 1.29 is 17.9 Å². The van der Waals surface area contributed by atoms with Gasteiger partial charge in [-0.1, -0.05) is 36.4 Å². The highest BCUT2D eigenvalue weighted by Gasteiger charge is 2.19. The van der Waals surface area contributed by atoms with E-state index in [1.54, 1.807) is 36.4 Å². The van der Waals surface area contributed by atoms with Crippen molar-refractivity contribution in [2.75, 3.05) is 17.1 Å². The Labute approximate surface area is 151 Å². The number of amides is 1. The summed E-state index contributed by atoms with van der Waals surface area (Å²) in [4.78, 5) is 11.4. The van der Waals surface area contributed by atoms with Crippen molar-refractivity contribution in [3.63, 3.8) is 0 Å². The number of sulfonamides is 1. The van der Waals surface area contributed by atoms with Gasteiger partial charge in [-0.25, -0.2) is 8.42 Å². The predicted molar refractivity (Wildman–Crippen MR) is 102 cm³/mol. The van der Waals surface area contributed by atoms with E-state index in [0.717, 1.165) is 5.39 Å². The maximum absolute atomic E-state index is 13.0. The van der Waals surface area contributed by atoms with Gasteiger partial charge in [0, 0.05) is 18.0 Å². The Morgan fingerprint density at radius 3 is 2.46 bits per heavy atom. The number of rotatable bonds is 5. The zero-order valence-electron chi connectivity index (χ0n) is 14.3. The van der Waals surface area contributed by atoms with Gasteiger partial charge < -0.3 is 10.1 Å². The molecule has 26 heavy (non-hydrogen) atoms. The second-order valence-electron chi connectivity index (χ2n) is 5.68. The summed E-state index contributed by atoms with van der Waals surface area (Å²) in [5, 5.41) is 4.07. The van der Waals surface area contributed by atoms with Crippen LogP contribution < -0.4 is 14.8 Å². The Morgan fingerprint density at radius 1 is 1.00 bits per heavy atom. The fourth-order valence-corrected chi connectivity index (χ4v) is 3.99. The minimum absolute atomic E-state index is 0.169. The molecule has 0 aromatic heterocycles. The van der Waals surface area contributed by atoms with E-state index in [1.165, 1.54) is 20.1 Å². The number of ether oxygens (including phenoxy) is 1. The molecule has 0 radical (unpaired) electrons. The van der Waals surface area contributed by atoms with Crippen molar-refractivity contribution in [2.24, 2.45) is 0 Å². The molecule has 0 saturated heterocycles. The molecule has 134 valence electrons. The summed E-state index contributed by atoms with van der Waals surface area (Å²) in [7, 11) is -2.41. The van der Waals surface area contributed by atoms with E-state index in [9.17, 15) is 13.2 Å². The van der Waals surface area contributed by atoms with E-state index in [-0.39, 0.29) is 16.5 Å². The van der Waals surface area contributed by atoms with E-state index in [2.05, 4.69) is 10.0 Å². The second kappa shape index (κ2) is 7.05. The van der Waals surface area contributed by atoms with Gasteiger partial charge in [0.25, 0.3) is 10.0 Å². The van der Waals surface area contributed by atoms with E-state index in [1.807, 2.05) is 18.2 Å². The third-order valence-electron chi connectivity index (χ3n) is 3.80. The topological polar surface area (TPSA) is 84.5 Å². The first-order valence-corrected chi connectivity index (χ1v) is 9.35. The number of methoxy groups -OCH3 is 1. The van der Waals surface area contributed by atoms with Crippen LogP contribution in [0.3, 0.4) is 0 Å². The zero-order valence-corrected chi connectivity index (χ0v) is 15.1. The van der Waals surface area contributed by atoms with Crippen molar-refractivity contribution in [1.29, 1.82) is 0 Å². The Morgan fingerprint density at radius 2 is 1.73 bits per heavy atom. The number of hydrogen-bond donors (Lipinski definition) is 2. The monoisotopic (exact) mass is 370 g/mol. The Hall–Kier alpha value is -3.06. The molecule has 0 heterocycles. The van der Waals surface area contributed by atoms with Crippen LogP contribution in [0.25, 0.3) is 10.8 Å². The van der Waals surface area contributed by atoms with Gasteiger partial charge in [-0.15, -0.1) is 0 Å². The molecule has 0 bridgehead atoms. The SMILES string of the molecule is COc1ccc(NC(C)=O)cc1NS(=O)(=O)c1cccc2ccccc12. The molecule has 6 nitrogen and oxygen atoms in total. The lowest BCUT2D eigenvalue weighted by atomic mass is 10.1. The second-order valence-corrected chi connectivity index (χ2v) is 7.33. The fraction of sp³-hybridized carbons (Fsp3) is 0.105. The van der Waals surface area contributed by atoms with Gasteiger partial charge in [0.1, 0.15) is 5.75 Å². The van der Waals surface area contributed by atoms with E-state index in [4.69, 9.17) is 4.74 Å². The number of hydrogen-bond acceptors (Lipinski definition) is 4. The van der Waals surface area contributed by atoms with E-state index < -0.39 is 10.0 Å². The average molecular weight is 370 g/mol. The molecule has 3 aromatic rings. The third-order valence-corrected chi connectivity index (χ3v) is 5.23. The van der Waals surface area contributed by atoms with Crippen LogP contribution in [0.15, 0.2) is 65.6 Å². The standard InChI is InChI=1S/C19H18N2O4S/c1-13(22)20-15-10-11-18(25-2)17(12-15)21-26(23,24)19-9-5-7-14-6-3-4-8-16(14)19/h3-12,21H,1-2H3,(H,20,22). The van der Waals surface area contributed by atoms with Crippen molar-refractivity contribution >= 4 is 38.1 Å². The maximum Gasteiger partial charge on any atom is 0.262 e. The smallest absolute Gasteiger partial charge is 0.262 e. The molecular weight excluding hydrogens is 352 g/mol. The van der Waals surface area contributed by atoms with Crippen LogP contribution in [0, 0.1) is 0 Å². The van der Waals surface area contributed by atoms with Gasteiger partial charge in [0.2, 0.25) is 5.91 Å². The van der Waals surface area contributed by atoms with Crippen LogP contribution in [0.1, 0.15) is 6.92 Å². The first-order chi connectivity index (χ1) is 12.4. The van der Waals surface area contributed by atoms with E-state index >= 15 is 0 Å². The van der Waals surface area contributed by atoms with Crippen LogP contribution in [0.4, 0.5) is 11.4 Å². The quantitative estimate of drug-likeness (QED) is 0.719. The molecule has 0 fully saturated rings. The molecule has 3 rings (SSSR count). The van der Waals surface area contributed by atoms with Gasteiger partial charge in [-0.05, 0) is 29.7 Å². The van der Waals surface area contributed by atoms with Crippen LogP contribution in [-0.2, 0) is 14.8 Å². The summed E-state index contributed by atoms with van der Waals surface area (Å²) in [5.74, 6) is 0.0981. The minimum atomic E-state index is -3.86. The van der Waals surface area contributed by atoms with Crippen molar-refractivity contribution in [3.05, 3.63) is 60.7 Å². The molecule has 0 aliphatic carbocycles. The number of anilines is 2. The summed E-state index contributed by atoms with van der Waals surface area (Å²) in [5.41, 5.74) is 0.709. The van der Waals surface area contributed by atoms with Crippen molar-refractivity contribution in [2.45, 2.75) is 11.8 Å². The molecule has 0 unspecified atom stereocenters. The maximum atomic E-state index is 13.0. The molecule has 0 aliphatic rings. The Kier molecular flexibility index (Phi) is 4.81. The van der Waals surface area contributed by atoms with Crippen LogP contribution in [0.5, 0.6) is 5.75 Å². The molecule has 7 heteroatoms. The Bertz CT molecular complexity index is 1070. The molecule has 1 amide bonds. The molecule has 0 saturated carbocycles. The van der Waals surface area contributed by atoms with Crippen LogP contribution in [-0.4, -0.2) is 21.4 Å². The third kappa shape index (κ3) is 3.62. The summed E-state index contributed by atoms with van der Waals surface area (Å²) in [6, 6.07) is 17.1. The normalized spacial score (nSPS) is 11.2. The number of benzene rings is 3. The van der Waals surface area contributed by atoms with Crippen molar-refractivity contribution in [1.82, 2.24) is 0 Å². The molecule has 2 N–H and O–H groups in total. The summed E-state index contributed by atoms with van der Waals surface area (Å²) in [6.45, 7) is 1.38. The molecule has 0 atom stereocenters. The first-order valence-electron chi connectivity index (χ1n) is 7.87. The van der Waals surface area contributed by atoms with Gasteiger partial charge in [0.05, 0.1) is 17.7 Å². The van der Waals surface area contributed by atoms with Crippen LogP contribution in [0.2, 0.25) is 0 Å². The number of carbonyl (C=O) groups excluding carboxylic acids is 1. The number of nitrogens with one attached hydrogen (secondary N) is 2. The van der Waals surface area contributed by atoms with Gasteiger partial charge in [0.15, 0.2) is 0 Å². The largest absolute Gasteiger partial charge is 0.495 e. The number of fused-ring (bicyclic) bond motifs is 1. The fourth-order valence-electron chi connectivity index (χ4n) is 2.70. The van der Waals surface area contributed by atoms with Crippen LogP contribution >= 0.6 is 0 Å². The predicted octanol–water partition coefficient (Wildman–Crippen LogP) is 3.61. The van der Waals surface area contributed by atoms with Gasteiger partial charge >= 0.3 is 0 Å². The first kappa shape index (κ1) is 17.8. The minimum Gasteiger partial charge on any atom is -0.495 e. The lowest BCUT2D eigenvalue weighted by molar-refractivity contribution is -0.114. The number of carbonyl (C=O) groups is 1. The van der Waals surface area contributed by atoms with E-state index in [0.29, 0.717) is 16.8 Å². The summed E-state index contributed by atoms with van der Waals surface area (Å²) < 4.78 is 33.7. The lowest BCUT2D eigenvalue weighted by Crippen LogP contribution is -2.14. The summed E-state index contributed by atoms with van der Waals surface area (Å²) in [6.07, 6.45) is 0. The highest BCUT2D eigenvalue weighted by atomic mass is 32.2. The average Bonchev–Trinajstić information content (AvgIpc) is 2.60. The highest BCUT2D eigenvalue weighted by molar-refractivity contribution is 7.93. The van der Waals surface area contributed by atoms with Gasteiger partial charge in [-0.2, -0.15) is 0 Å². The molecular formula is C19H18N2O4S. The van der Waals surface area contributed by atoms with Gasteiger partial charge in [-0.3, -0.25) is 9.52 Å². The lowest BCUT2D eigenvalue weighted by Gasteiger charge is -2.14. The van der Waals surface area contributed by atoms with Crippen molar-refractivity contribution in [3.8, 4) is 5.75 Å². The highest BCUT2D eigenvalue weighted by Crippen LogP contribution is 2.31. The molecule has 3 aromatic carbocycles. The summed E-state index contributed by atoms with van der Waals surface area (Å²) >= 11 is 0.